The summed E-state index contributed by atoms with van der Waals surface area (Å²) in [6.07, 6.45) is 5.90. The lowest BCUT2D eigenvalue weighted by Gasteiger charge is -2.28. The highest BCUT2D eigenvalue weighted by Gasteiger charge is 2.25. The predicted octanol–water partition coefficient (Wildman–Crippen LogP) is 3.36. The zero-order valence-corrected chi connectivity index (χ0v) is 13.3. The van der Waals surface area contributed by atoms with Gasteiger partial charge in [0, 0.05) is 0 Å². The predicted molar refractivity (Wildman–Crippen MR) is 87.4 cm³/mol. The minimum Gasteiger partial charge on any atom is -0.386 e. The zero-order valence-electron chi connectivity index (χ0n) is 13.3. The van der Waals surface area contributed by atoms with Gasteiger partial charge < -0.3 is 14.9 Å². The fourth-order valence-corrected chi connectivity index (χ4v) is 2.64. The molecule has 1 aliphatic carbocycles. The van der Waals surface area contributed by atoms with E-state index in [4.69, 9.17) is 4.74 Å². The van der Waals surface area contributed by atoms with Crippen LogP contribution in [0.3, 0.4) is 0 Å². The second-order valence-corrected chi connectivity index (χ2v) is 6.15. The summed E-state index contributed by atoms with van der Waals surface area (Å²) in [4.78, 5) is 0. The monoisotopic (exact) mass is 302 g/mol. The van der Waals surface area contributed by atoms with E-state index in [1.807, 2.05) is 37.3 Å². The standard InChI is InChI=1S/C19H26O3/c1-16(10-13-19(21)11-6-3-7-12-19)18(20)15-22-14-17-8-4-2-5-9-17/h2,4-5,8-9,13,18,20-21H,3,6-7,11-12,14-15H2,1H3/t10?,18-/m0/s1. The van der Waals surface area contributed by atoms with E-state index in [2.05, 4.69) is 5.73 Å². The Morgan fingerprint density at radius 3 is 2.64 bits per heavy atom. The van der Waals surface area contributed by atoms with Crippen molar-refractivity contribution in [3.63, 3.8) is 0 Å². The van der Waals surface area contributed by atoms with Crippen LogP contribution in [0, 0.1) is 0 Å². The maximum atomic E-state index is 10.4. The lowest BCUT2D eigenvalue weighted by molar-refractivity contribution is 0.0445. The summed E-state index contributed by atoms with van der Waals surface area (Å²) < 4.78 is 5.53. The minimum atomic E-state index is -0.746. The van der Waals surface area contributed by atoms with Crippen LogP contribution in [0.15, 0.2) is 47.7 Å². The van der Waals surface area contributed by atoms with Crippen LogP contribution in [0.4, 0.5) is 0 Å². The van der Waals surface area contributed by atoms with Crippen LogP contribution in [0.5, 0.6) is 0 Å². The summed E-state index contributed by atoms with van der Waals surface area (Å²) in [5.41, 5.74) is 4.09. The molecular weight excluding hydrogens is 276 g/mol. The van der Waals surface area contributed by atoms with Crippen LogP contribution < -0.4 is 0 Å². The summed E-state index contributed by atoms with van der Waals surface area (Å²) in [5.74, 6) is 0. The first kappa shape index (κ1) is 17.0. The lowest BCUT2D eigenvalue weighted by atomic mass is 9.85. The van der Waals surface area contributed by atoms with Gasteiger partial charge in [-0.1, -0.05) is 49.6 Å². The Morgan fingerprint density at radius 2 is 1.95 bits per heavy atom. The average Bonchev–Trinajstić information content (AvgIpc) is 2.54. The third-order valence-electron chi connectivity index (χ3n) is 4.18. The summed E-state index contributed by atoms with van der Waals surface area (Å²) in [5, 5.41) is 20.5. The Labute approximate surface area is 132 Å². The molecule has 1 saturated carbocycles. The smallest absolute Gasteiger partial charge is 0.105 e. The van der Waals surface area contributed by atoms with Gasteiger partial charge in [0.05, 0.1) is 18.8 Å². The van der Waals surface area contributed by atoms with Gasteiger partial charge in [-0.15, -0.1) is 5.73 Å². The number of ether oxygens (including phenoxy) is 1. The number of aliphatic hydroxyl groups excluding tert-OH is 1. The molecule has 0 aliphatic heterocycles. The van der Waals surface area contributed by atoms with Crippen molar-refractivity contribution in [1.82, 2.24) is 0 Å². The van der Waals surface area contributed by atoms with Crippen molar-refractivity contribution < 1.29 is 14.9 Å². The molecule has 1 atom stereocenters. The molecule has 22 heavy (non-hydrogen) atoms. The van der Waals surface area contributed by atoms with Gasteiger partial charge in [-0.2, -0.15) is 0 Å². The van der Waals surface area contributed by atoms with E-state index in [0.29, 0.717) is 12.2 Å². The van der Waals surface area contributed by atoms with Gasteiger partial charge in [0.25, 0.3) is 0 Å². The minimum absolute atomic E-state index is 0.236. The zero-order chi connectivity index (χ0) is 15.8. The number of aliphatic hydroxyl groups is 2. The number of benzene rings is 1. The van der Waals surface area contributed by atoms with Crippen molar-refractivity contribution in [2.45, 2.75) is 57.3 Å². The van der Waals surface area contributed by atoms with Gasteiger partial charge in [0.1, 0.15) is 6.10 Å². The van der Waals surface area contributed by atoms with Crippen LogP contribution >= 0.6 is 0 Å². The number of hydrogen-bond donors (Lipinski definition) is 2. The van der Waals surface area contributed by atoms with E-state index in [9.17, 15) is 10.2 Å². The molecule has 0 unspecified atom stereocenters. The summed E-state index contributed by atoms with van der Waals surface area (Å²) in [6.45, 7) is 2.54. The van der Waals surface area contributed by atoms with E-state index >= 15 is 0 Å². The second-order valence-electron chi connectivity index (χ2n) is 6.15. The second kappa shape index (κ2) is 8.30. The van der Waals surface area contributed by atoms with Crippen molar-refractivity contribution >= 4 is 0 Å². The van der Waals surface area contributed by atoms with Crippen LogP contribution in [-0.2, 0) is 11.3 Å². The molecule has 0 saturated heterocycles. The van der Waals surface area contributed by atoms with Gasteiger partial charge in [-0.05, 0) is 37.0 Å². The Morgan fingerprint density at radius 1 is 1.27 bits per heavy atom. The maximum absolute atomic E-state index is 10.4. The first-order valence-corrected chi connectivity index (χ1v) is 8.05. The maximum Gasteiger partial charge on any atom is 0.105 e. The molecule has 0 amide bonds. The molecule has 3 heteroatoms. The van der Waals surface area contributed by atoms with Gasteiger partial charge in [-0.25, -0.2) is 0 Å². The molecule has 0 aromatic heterocycles. The van der Waals surface area contributed by atoms with Crippen molar-refractivity contribution in [1.29, 1.82) is 0 Å². The highest BCUT2D eigenvalue weighted by atomic mass is 16.5. The van der Waals surface area contributed by atoms with Gasteiger partial charge in [0.15, 0.2) is 0 Å². The van der Waals surface area contributed by atoms with E-state index in [0.717, 1.165) is 31.2 Å². The molecule has 3 nitrogen and oxygen atoms in total. The summed E-state index contributed by atoms with van der Waals surface area (Å²) in [7, 11) is 0. The molecule has 2 N–H and O–H groups in total. The Kier molecular flexibility index (Phi) is 6.41. The molecule has 0 spiro atoms. The fourth-order valence-electron chi connectivity index (χ4n) is 2.64. The van der Waals surface area contributed by atoms with Gasteiger partial charge >= 0.3 is 0 Å². The first-order chi connectivity index (χ1) is 10.6. The topological polar surface area (TPSA) is 49.7 Å². The largest absolute Gasteiger partial charge is 0.386 e. The van der Waals surface area contributed by atoms with Crippen molar-refractivity contribution in [2.24, 2.45) is 0 Å². The quantitative estimate of drug-likeness (QED) is 0.792. The lowest BCUT2D eigenvalue weighted by Crippen LogP contribution is -2.28. The molecule has 2 rings (SSSR count). The average molecular weight is 302 g/mol. The molecule has 1 fully saturated rings. The van der Waals surface area contributed by atoms with E-state index in [1.165, 1.54) is 6.42 Å². The molecule has 0 radical (unpaired) electrons. The van der Waals surface area contributed by atoms with Gasteiger partial charge in [-0.3, -0.25) is 0 Å². The molecule has 1 aliphatic rings. The summed E-state index contributed by atoms with van der Waals surface area (Å²) in [6, 6.07) is 9.88. The van der Waals surface area contributed by atoms with Crippen LogP contribution in [0.25, 0.3) is 0 Å². The van der Waals surface area contributed by atoms with Crippen molar-refractivity contribution in [3.05, 3.63) is 53.3 Å². The highest BCUT2D eigenvalue weighted by Crippen LogP contribution is 2.28. The molecule has 0 heterocycles. The third kappa shape index (κ3) is 5.43. The Hall–Kier alpha value is -1.38. The molecule has 1 aromatic carbocycles. The highest BCUT2D eigenvalue weighted by molar-refractivity contribution is 5.14. The normalized spacial score (nSPS) is 18.3. The Balaban J connectivity index is 1.83. The molecule has 1 aromatic rings. The van der Waals surface area contributed by atoms with Gasteiger partial charge in [0.2, 0.25) is 0 Å². The van der Waals surface area contributed by atoms with Crippen molar-refractivity contribution in [3.8, 4) is 0 Å². The molecule has 120 valence electrons. The van der Waals surface area contributed by atoms with Crippen LogP contribution in [0.1, 0.15) is 44.6 Å². The van der Waals surface area contributed by atoms with Crippen molar-refractivity contribution in [2.75, 3.05) is 6.61 Å². The number of rotatable bonds is 6. The van der Waals surface area contributed by atoms with Crippen LogP contribution in [-0.4, -0.2) is 28.5 Å². The SMILES string of the molecule is CC(=C=CC1(O)CCCCC1)[C@@H](O)COCc1ccccc1. The Bertz CT molecular complexity index is 509. The summed E-state index contributed by atoms with van der Waals surface area (Å²) >= 11 is 0. The third-order valence-corrected chi connectivity index (χ3v) is 4.18. The van der Waals surface area contributed by atoms with Crippen LogP contribution in [0.2, 0.25) is 0 Å². The van der Waals surface area contributed by atoms with E-state index in [-0.39, 0.29) is 6.61 Å². The fraction of sp³-hybridized carbons (Fsp3) is 0.526. The van der Waals surface area contributed by atoms with E-state index < -0.39 is 11.7 Å². The molecular formula is C19H26O3. The first-order valence-electron chi connectivity index (χ1n) is 8.05. The molecule has 0 bridgehead atoms. The van der Waals surface area contributed by atoms with E-state index in [1.54, 1.807) is 6.08 Å². The number of hydrogen-bond acceptors (Lipinski definition) is 3.